The summed E-state index contributed by atoms with van der Waals surface area (Å²) >= 11 is 0. The Balaban J connectivity index is 2.17. The highest BCUT2D eigenvalue weighted by atomic mass is 16.6. The van der Waals surface area contributed by atoms with E-state index in [-0.39, 0.29) is 11.9 Å². The van der Waals surface area contributed by atoms with Crippen LogP contribution in [0.15, 0.2) is 5.16 Å². The molecule has 0 aromatic rings. The van der Waals surface area contributed by atoms with Crippen molar-refractivity contribution < 1.29 is 9.63 Å². The standard InChI is InChI=1S/C5H8N2O2/c1-9-6-3-4-2-5(8)7-4/h3-4H,2H2,1H3,(H,7,8). The van der Waals surface area contributed by atoms with Crippen molar-refractivity contribution in [1.29, 1.82) is 0 Å². The van der Waals surface area contributed by atoms with E-state index in [1.807, 2.05) is 0 Å². The molecule has 4 nitrogen and oxygen atoms in total. The quantitative estimate of drug-likeness (QED) is 0.310. The van der Waals surface area contributed by atoms with Crippen LogP contribution in [0.3, 0.4) is 0 Å². The summed E-state index contributed by atoms with van der Waals surface area (Å²) in [5, 5.41) is 6.10. The van der Waals surface area contributed by atoms with Gasteiger partial charge in [-0.2, -0.15) is 0 Å². The molecule has 0 saturated carbocycles. The van der Waals surface area contributed by atoms with Crippen LogP contribution in [0, 0.1) is 0 Å². The summed E-state index contributed by atoms with van der Waals surface area (Å²) in [6, 6.07) is 0.0949. The number of β-lactam (4-membered cyclic amide) rings is 1. The normalized spacial score (nSPS) is 25.4. The topological polar surface area (TPSA) is 50.7 Å². The van der Waals surface area contributed by atoms with Gasteiger partial charge >= 0.3 is 0 Å². The minimum Gasteiger partial charge on any atom is -0.399 e. The lowest BCUT2D eigenvalue weighted by atomic mass is 10.1. The van der Waals surface area contributed by atoms with Crippen molar-refractivity contribution in [2.75, 3.05) is 7.11 Å². The highest BCUT2D eigenvalue weighted by Gasteiger charge is 2.22. The molecule has 1 N–H and O–H groups in total. The van der Waals surface area contributed by atoms with Crippen molar-refractivity contribution in [2.45, 2.75) is 12.5 Å². The molecule has 1 atom stereocenters. The van der Waals surface area contributed by atoms with Crippen LogP contribution in [0.25, 0.3) is 0 Å². The molecule has 1 aliphatic heterocycles. The first-order valence-electron chi connectivity index (χ1n) is 2.69. The fraction of sp³-hybridized carbons (Fsp3) is 0.600. The molecule has 4 heteroatoms. The number of nitrogens with one attached hydrogen (secondary N) is 1. The first-order valence-corrected chi connectivity index (χ1v) is 2.69. The molecule has 0 aromatic carbocycles. The van der Waals surface area contributed by atoms with Gasteiger partial charge in [-0.1, -0.05) is 5.16 Å². The minimum atomic E-state index is 0.0718. The lowest BCUT2D eigenvalue weighted by Crippen LogP contribution is -2.49. The summed E-state index contributed by atoms with van der Waals surface area (Å²) in [6.07, 6.45) is 2.11. The van der Waals surface area contributed by atoms with Crippen LogP contribution in [-0.4, -0.2) is 25.3 Å². The molecular weight excluding hydrogens is 120 g/mol. The van der Waals surface area contributed by atoms with Gasteiger partial charge in [0.2, 0.25) is 5.91 Å². The molecule has 0 bridgehead atoms. The smallest absolute Gasteiger partial charge is 0.222 e. The van der Waals surface area contributed by atoms with Gasteiger partial charge in [-0.15, -0.1) is 0 Å². The monoisotopic (exact) mass is 128 g/mol. The van der Waals surface area contributed by atoms with Gasteiger partial charge in [0.1, 0.15) is 7.11 Å². The van der Waals surface area contributed by atoms with Gasteiger partial charge in [-0.05, 0) is 0 Å². The first kappa shape index (κ1) is 6.07. The van der Waals surface area contributed by atoms with E-state index in [2.05, 4.69) is 15.3 Å². The molecule has 1 amide bonds. The number of hydrogen-bond acceptors (Lipinski definition) is 3. The third-order valence-corrected chi connectivity index (χ3v) is 1.10. The third kappa shape index (κ3) is 1.42. The van der Waals surface area contributed by atoms with Crippen LogP contribution >= 0.6 is 0 Å². The Hall–Kier alpha value is -1.06. The van der Waals surface area contributed by atoms with Crippen LogP contribution in [0.2, 0.25) is 0 Å². The zero-order valence-corrected chi connectivity index (χ0v) is 5.13. The van der Waals surface area contributed by atoms with E-state index < -0.39 is 0 Å². The van der Waals surface area contributed by atoms with E-state index in [1.165, 1.54) is 7.11 Å². The maximum atomic E-state index is 10.3. The molecule has 1 unspecified atom stereocenters. The second kappa shape index (κ2) is 2.48. The average Bonchev–Trinajstić information content (AvgIpc) is 1.78. The largest absolute Gasteiger partial charge is 0.399 e. The second-order valence-electron chi connectivity index (χ2n) is 1.82. The second-order valence-corrected chi connectivity index (χ2v) is 1.82. The Morgan fingerprint density at radius 3 is 3.11 bits per heavy atom. The van der Waals surface area contributed by atoms with Crippen LogP contribution in [0.1, 0.15) is 6.42 Å². The van der Waals surface area contributed by atoms with Gasteiger partial charge in [0.05, 0.1) is 18.7 Å². The summed E-state index contributed by atoms with van der Waals surface area (Å²) in [5.41, 5.74) is 0. The Kier molecular flexibility index (Phi) is 1.67. The summed E-state index contributed by atoms with van der Waals surface area (Å²) in [4.78, 5) is 14.7. The maximum absolute atomic E-state index is 10.3. The van der Waals surface area contributed by atoms with Crippen molar-refractivity contribution in [3.8, 4) is 0 Å². The molecule has 0 aliphatic carbocycles. The van der Waals surface area contributed by atoms with Crippen LogP contribution < -0.4 is 5.32 Å². The Bertz CT molecular complexity index is 136. The molecule has 9 heavy (non-hydrogen) atoms. The van der Waals surface area contributed by atoms with Gasteiger partial charge in [0, 0.05) is 0 Å². The predicted octanol–water partition coefficient (Wildman–Crippen LogP) is -0.493. The fourth-order valence-electron chi connectivity index (χ4n) is 0.610. The first-order chi connectivity index (χ1) is 4.33. The van der Waals surface area contributed by atoms with E-state index in [4.69, 9.17) is 0 Å². The van der Waals surface area contributed by atoms with Gasteiger partial charge < -0.3 is 10.2 Å². The number of carbonyl (C=O) groups is 1. The molecule has 0 spiro atoms. The van der Waals surface area contributed by atoms with Crippen molar-refractivity contribution in [3.63, 3.8) is 0 Å². The summed E-state index contributed by atoms with van der Waals surface area (Å²) in [7, 11) is 1.47. The molecule has 1 rings (SSSR count). The number of oxime groups is 1. The fourth-order valence-corrected chi connectivity index (χ4v) is 0.610. The Morgan fingerprint density at radius 1 is 2.00 bits per heavy atom. The van der Waals surface area contributed by atoms with E-state index >= 15 is 0 Å². The number of amides is 1. The van der Waals surface area contributed by atoms with E-state index in [1.54, 1.807) is 6.21 Å². The third-order valence-electron chi connectivity index (χ3n) is 1.10. The molecule has 1 heterocycles. The molecule has 1 aliphatic rings. The average molecular weight is 128 g/mol. The van der Waals surface area contributed by atoms with E-state index in [0.717, 1.165) is 0 Å². The molecule has 50 valence electrons. The predicted molar refractivity (Wildman–Crippen MR) is 32.0 cm³/mol. The number of hydrogen-bond donors (Lipinski definition) is 1. The molecule has 1 saturated heterocycles. The highest BCUT2D eigenvalue weighted by Crippen LogP contribution is 1.99. The van der Waals surface area contributed by atoms with Gasteiger partial charge in [0.15, 0.2) is 0 Å². The Labute approximate surface area is 52.9 Å². The summed E-state index contributed by atoms with van der Waals surface area (Å²) < 4.78 is 0. The van der Waals surface area contributed by atoms with Crippen molar-refractivity contribution in [3.05, 3.63) is 0 Å². The van der Waals surface area contributed by atoms with Gasteiger partial charge in [-0.25, -0.2) is 0 Å². The lowest BCUT2D eigenvalue weighted by molar-refractivity contribution is -0.126. The Morgan fingerprint density at radius 2 is 2.67 bits per heavy atom. The molecule has 1 fully saturated rings. The van der Waals surface area contributed by atoms with Crippen LogP contribution in [-0.2, 0) is 9.63 Å². The van der Waals surface area contributed by atoms with Crippen molar-refractivity contribution in [1.82, 2.24) is 5.32 Å². The molecule has 0 aromatic heterocycles. The minimum absolute atomic E-state index is 0.0718. The van der Waals surface area contributed by atoms with E-state index in [0.29, 0.717) is 6.42 Å². The summed E-state index contributed by atoms with van der Waals surface area (Å²) in [5.74, 6) is 0.0718. The van der Waals surface area contributed by atoms with Crippen molar-refractivity contribution in [2.24, 2.45) is 5.16 Å². The van der Waals surface area contributed by atoms with Crippen LogP contribution in [0.4, 0.5) is 0 Å². The van der Waals surface area contributed by atoms with Gasteiger partial charge in [0.25, 0.3) is 0 Å². The van der Waals surface area contributed by atoms with Crippen LogP contribution in [0.5, 0.6) is 0 Å². The SMILES string of the molecule is CON=CC1CC(=O)N1. The lowest BCUT2D eigenvalue weighted by Gasteiger charge is -2.21. The summed E-state index contributed by atoms with van der Waals surface area (Å²) in [6.45, 7) is 0. The maximum Gasteiger partial charge on any atom is 0.222 e. The number of rotatable bonds is 2. The highest BCUT2D eigenvalue weighted by molar-refractivity contribution is 5.91. The number of nitrogens with zero attached hydrogens (tertiary/aromatic N) is 1. The number of carbonyl (C=O) groups excluding carboxylic acids is 1. The zero-order valence-electron chi connectivity index (χ0n) is 5.13. The van der Waals surface area contributed by atoms with E-state index in [9.17, 15) is 4.79 Å². The molecular formula is C5H8N2O2. The van der Waals surface area contributed by atoms with Crippen molar-refractivity contribution >= 4 is 12.1 Å². The molecule has 0 radical (unpaired) electrons. The van der Waals surface area contributed by atoms with Gasteiger partial charge in [-0.3, -0.25) is 4.79 Å². The zero-order chi connectivity index (χ0) is 6.69.